The van der Waals surface area contributed by atoms with Crippen LogP contribution in [0.4, 0.5) is 10.7 Å². The SMILES string of the molecule is O=C(O)c1ccc(CCc2cccc(N(c3cccs3)S(=O)O)c2)cc1. The van der Waals surface area contributed by atoms with Crippen LogP contribution in [0.5, 0.6) is 0 Å². The standard InChI is InChI=1S/C19H17NO4S2/c21-19(22)16-10-8-14(9-11-16)6-7-15-3-1-4-17(13-15)20(26(23)24)18-5-2-12-25-18/h1-5,8-13H,6-7H2,(H,21,22)(H,23,24). The zero-order chi connectivity index (χ0) is 18.5. The zero-order valence-electron chi connectivity index (χ0n) is 13.7. The second kappa shape index (κ2) is 8.27. The van der Waals surface area contributed by atoms with Crippen molar-refractivity contribution in [2.75, 3.05) is 4.31 Å². The molecule has 0 spiro atoms. The van der Waals surface area contributed by atoms with E-state index in [1.165, 1.54) is 15.6 Å². The number of aromatic carboxylic acids is 1. The lowest BCUT2D eigenvalue weighted by Crippen LogP contribution is -2.18. The van der Waals surface area contributed by atoms with Gasteiger partial charge in [0.2, 0.25) is 0 Å². The summed E-state index contributed by atoms with van der Waals surface area (Å²) in [7, 11) is 0. The second-order valence-corrected chi connectivity index (χ2v) is 7.40. The van der Waals surface area contributed by atoms with E-state index in [0.29, 0.717) is 10.7 Å². The lowest BCUT2D eigenvalue weighted by molar-refractivity contribution is 0.0697. The molecule has 1 atom stereocenters. The van der Waals surface area contributed by atoms with Crippen LogP contribution in [0, 0.1) is 0 Å². The van der Waals surface area contributed by atoms with Gasteiger partial charge in [-0.25, -0.2) is 13.3 Å². The minimum absolute atomic E-state index is 0.271. The number of nitrogens with zero attached hydrogens (tertiary/aromatic N) is 1. The third-order valence-corrected chi connectivity index (χ3v) is 5.60. The first-order chi connectivity index (χ1) is 12.5. The molecule has 0 aliphatic carbocycles. The van der Waals surface area contributed by atoms with Crippen molar-refractivity contribution in [1.29, 1.82) is 0 Å². The van der Waals surface area contributed by atoms with E-state index in [-0.39, 0.29) is 5.56 Å². The van der Waals surface area contributed by atoms with Crippen LogP contribution in [0.25, 0.3) is 0 Å². The lowest BCUT2D eigenvalue weighted by atomic mass is 10.0. The molecule has 1 unspecified atom stereocenters. The summed E-state index contributed by atoms with van der Waals surface area (Å²) in [4.78, 5) is 10.9. The monoisotopic (exact) mass is 387 g/mol. The molecule has 7 heteroatoms. The Hall–Kier alpha value is -2.48. The number of carboxylic acid groups (broad SMARTS) is 1. The van der Waals surface area contributed by atoms with Gasteiger partial charge in [-0.15, -0.1) is 11.3 Å². The van der Waals surface area contributed by atoms with Crippen molar-refractivity contribution in [3.8, 4) is 0 Å². The van der Waals surface area contributed by atoms with Crippen molar-refractivity contribution >= 4 is 39.3 Å². The summed E-state index contributed by atoms with van der Waals surface area (Å²) in [5.41, 5.74) is 3.01. The van der Waals surface area contributed by atoms with Gasteiger partial charge >= 0.3 is 5.97 Å². The van der Waals surface area contributed by atoms with Crippen molar-refractivity contribution in [1.82, 2.24) is 0 Å². The second-order valence-electron chi connectivity index (χ2n) is 5.65. The minimum Gasteiger partial charge on any atom is -0.478 e. The van der Waals surface area contributed by atoms with Gasteiger partial charge in [-0.05, 0) is 65.7 Å². The number of carbonyl (C=O) groups is 1. The molecule has 3 aromatic rings. The number of rotatable bonds is 7. The molecule has 0 bridgehead atoms. The van der Waals surface area contributed by atoms with Gasteiger partial charge in [0.1, 0.15) is 5.00 Å². The number of hydrogen-bond donors (Lipinski definition) is 2. The first-order valence-corrected chi connectivity index (χ1v) is 9.85. The smallest absolute Gasteiger partial charge is 0.335 e. The van der Waals surface area contributed by atoms with E-state index < -0.39 is 17.2 Å². The molecule has 1 aromatic heterocycles. The van der Waals surface area contributed by atoms with E-state index in [2.05, 4.69) is 0 Å². The molecule has 0 aliphatic heterocycles. The highest BCUT2D eigenvalue weighted by atomic mass is 32.2. The van der Waals surface area contributed by atoms with Gasteiger partial charge < -0.3 is 5.11 Å². The Morgan fingerprint density at radius 2 is 1.73 bits per heavy atom. The first kappa shape index (κ1) is 18.3. The number of aryl methyl sites for hydroxylation is 2. The van der Waals surface area contributed by atoms with Crippen LogP contribution >= 0.6 is 11.3 Å². The summed E-state index contributed by atoms with van der Waals surface area (Å²) in [5, 5.41) is 11.5. The molecule has 0 amide bonds. The molecule has 2 aromatic carbocycles. The highest BCUT2D eigenvalue weighted by molar-refractivity contribution is 7.81. The quantitative estimate of drug-likeness (QED) is 0.585. The molecule has 0 saturated heterocycles. The number of benzene rings is 2. The van der Waals surface area contributed by atoms with E-state index in [1.807, 2.05) is 41.8 Å². The van der Waals surface area contributed by atoms with Crippen LogP contribution < -0.4 is 4.31 Å². The van der Waals surface area contributed by atoms with Crippen LogP contribution in [-0.2, 0) is 24.1 Å². The predicted molar refractivity (Wildman–Crippen MR) is 104 cm³/mol. The van der Waals surface area contributed by atoms with E-state index in [4.69, 9.17) is 5.11 Å². The Kier molecular flexibility index (Phi) is 5.82. The summed E-state index contributed by atoms with van der Waals surface area (Å²) in [6.45, 7) is 0. The average Bonchev–Trinajstić information content (AvgIpc) is 3.14. The third kappa shape index (κ3) is 4.37. The van der Waals surface area contributed by atoms with Gasteiger partial charge in [0.25, 0.3) is 11.3 Å². The Morgan fingerprint density at radius 1 is 1.00 bits per heavy atom. The molecule has 26 heavy (non-hydrogen) atoms. The van der Waals surface area contributed by atoms with Crippen LogP contribution in [0.15, 0.2) is 66.0 Å². The van der Waals surface area contributed by atoms with Gasteiger partial charge in [0.15, 0.2) is 0 Å². The predicted octanol–water partition coefficient (Wildman–Crippen LogP) is 4.51. The molecular weight excluding hydrogens is 370 g/mol. The summed E-state index contributed by atoms with van der Waals surface area (Å²) in [5.74, 6) is -0.935. The van der Waals surface area contributed by atoms with Gasteiger partial charge in [-0.3, -0.25) is 4.55 Å². The Morgan fingerprint density at radius 3 is 2.35 bits per heavy atom. The fourth-order valence-electron chi connectivity index (χ4n) is 2.62. The van der Waals surface area contributed by atoms with E-state index in [0.717, 1.165) is 24.0 Å². The summed E-state index contributed by atoms with van der Waals surface area (Å²) in [6, 6.07) is 18.0. The molecule has 134 valence electrons. The number of carboxylic acids is 1. The molecule has 5 nitrogen and oxygen atoms in total. The lowest BCUT2D eigenvalue weighted by Gasteiger charge is -2.18. The normalized spacial score (nSPS) is 11.9. The van der Waals surface area contributed by atoms with Crippen LogP contribution in [0.2, 0.25) is 0 Å². The van der Waals surface area contributed by atoms with Gasteiger partial charge in [0, 0.05) is 0 Å². The average molecular weight is 387 g/mol. The zero-order valence-corrected chi connectivity index (χ0v) is 15.4. The fraction of sp³-hybridized carbons (Fsp3) is 0.105. The Bertz CT molecular complexity index is 908. The third-order valence-electron chi connectivity index (χ3n) is 3.91. The van der Waals surface area contributed by atoms with Crippen molar-refractivity contribution in [2.45, 2.75) is 12.8 Å². The molecule has 0 saturated carbocycles. The maximum absolute atomic E-state index is 11.8. The van der Waals surface area contributed by atoms with E-state index >= 15 is 0 Å². The summed E-state index contributed by atoms with van der Waals surface area (Å²) in [6.07, 6.45) is 1.50. The molecular formula is C19H17NO4S2. The highest BCUT2D eigenvalue weighted by Gasteiger charge is 2.16. The molecule has 1 heterocycles. The maximum atomic E-state index is 11.8. The van der Waals surface area contributed by atoms with Crippen LogP contribution in [0.1, 0.15) is 21.5 Å². The first-order valence-electron chi connectivity index (χ1n) is 7.90. The molecule has 0 aliphatic rings. The van der Waals surface area contributed by atoms with E-state index in [1.54, 1.807) is 24.3 Å². The van der Waals surface area contributed by atoms with Gasteiger partial charge in [-0.1, -0.05) is 24.3 Å². The number of thiophene rings is 1. The van der Waals surface area contributed by atoms with E-state index in [9.17, 15) is 13.6 Å². The topological polar surface area (TPSA) is 77.8 Å². The molecule has 3 rings (SSSR count). The number of anilines is 2. The van der Waals surface area contributed by atoms with Crippen molar-refractivity contribution in [3.63, 3.8) is 0 Å². The van der Waals surface area contributed by atoms with Gasteiger partial charge in [-0.2, -0.15) is 0 Å². The highest BCUT2D eigenvalue weighted by Crippen LogP contribution is 2.31. The van der Waals surface area contributed by atoms with Gasteiger partial charge in [0.05, 0.1) is 11.3 Å². The minimum atomic E-state index is -2.15. The fourth-order valence-corrected chi connectivity index (χ4v) is 4.10. The van der Waals surface area contributed by atoms with Crippen LogP contribution in [-0.4, -0.2) is 19.8 Å². The Labute approximate surface area is 158 Å². The van der Waals surface area contributed by atoms with Crippen LogP contribution in [0.3, 0.4) is 0 Å². The largest absolute Gasteiger partial charge is 0.478 e. The Balaban J connectivity index is 1.74. The van der Waals surface area contributed by atoms with Crippen molar-refractivity contribution in [2.24, 2.45) is 0 Å². The number of hydrogen-bond acceptors (Lipinski definition) is 3. The molecule has 0 radical (unpaired) electrons. The summed E-state index contributed by atoms with van der Waals surface area (Å²) >= 11 is -0.752. The maximum Gasteiger partial charge on any atom is 0.335 e. The molecule has 0 fully saturated rings. The van der Waals surface area contributed by atoms with Crippen molar-refractivity contribution in [3.05, 3.63) is 82.7 Å². The van der Waals surface area contributed by atoms with Crippen molar-refractivity contribution < 1.29 is 18.7 Å². The molecule has 2 N–H and O–H groups in total. The summed E-state index contributed by atoms with van der Waals surface area (Å²) < 4.78 is 22.8.